The van der Waals surface area contributed by atoms with E-state index in [0.717, 1.165) is 63.6 Å². The number of nitrogens with zero attached hydrogens (tertiary/aromatic N) is 1. The molecular formula is C15H25N3O2. The lowest BCUT2D eigenvalue weighted by atomic mass is 10.2. The van der Waals surface area contributed by atoms with Gasteiger partial charge in [-0.25, -0.2) is 0 Å². The zero-order valence-electron chi connectivity index (χ0n) is 12.2. The van der Waals surface area contributed by atoms with Crippen molar-refractivity contribution in [3.63, 3.8) is 0 Å². The van der Waals surface area contributed by atoms with Gasteiger partial charge < -0.3 is 19.8 Å². The first-order valence-electron chi connectivity index (χ1n) is 7.54. The standard InChI is InChI=1S/C15H25N3O2/c1-2-8-16-15(18-12-14-6-4-11-20-14)17-9-7-13-5-3-10-19-13/h3,5,10,14H,2,4,6-9,11-12H2,1H3,(H2,16,17,18). The van der Waals surface area contributed by atoms with Gasteiger partial charge in [0, 0.05) is 26.1 Å². The molecule has 0 aromatic carbocycles. The predicted molar refractivity (Wildman–Crippen MR) is 80.0 cm³/mol. The van der Waals surface area contributed by atoms with Gasteiger partial charge in [0.05, 0.1) is 18.9 Å². The molecule has 1 saturated heterocycles. The number of rotatable bonds is 7. The van der Waals surface area contributed by atoms with E-state index in [2.05, 4.69) is 22.5 Å². The molecule has 1 fully saturated rings. The molecule has 112 valence electrons. The molecule has 5 nitrogen and oxygen atoms in total. The van der Waals surface area contributed by atoms with Crippen LogP contribution in [0.1, 0.15) is 31.9 Å². The molecule has 1 aromatic heterocycles. The molecule has 1 aliphatic heterocycles. The summed E-state index contributed by atoms with van der Waals surface area (Å²) in [7, 11) is 0. The van der Waals surface area contributed by atoms with Crippen LogP contribution in [0.2, 0.25) is 0 Å². The van der Waals surface area contributed by atoms with Crippen LogP contribution in [0.5, 0.6) is 0 Å². The van der Waals surface area contributed by atoms with Crippen LogP contribution in [-0.4, -0.2) is 38.3 Å². The molecule has 1 unspecified atom stereocenters. The van der Waals surface area contributed by atoms with Gasteiger partial charge in [-0.1, -0.05) is 6.92 Å². The Kier molecular flexibility index (Phi) is 6.44. The lowest BCUT2D eigenvalue weighted by molar-refractivity contribution is 0.117. The van der Waals surface area contributed by atoms with Crippen molar-refractivity contribution in [3.8, 4) is 0 Å². The average Bonchev–Trinajstić information content (AvgIpc) is 3.14. The monoisotopic (exact) mass is 279 g/mol. The van der Waals surface area contributed by atoms with Gasteiger partial charge >= 0.3 is 0 Å². The van der Waals surface area contributed by atoms with Crippen LogP contribution in [0.4, 0.5) is 0 Å². The summed E-state index contributed by atoms with van der Waals surface area (Å²) in [5, 5.41) is 6.67. The Morgan fingerprint density at radius 1 is 1.40 bits per heavy atom. The molecule has 0 amide bonds. The van der Waals surface area contributed by atoms with Crippen molar-refractivity contribution in [3.05, 3.63) is 24.2 Å². The fourth-order valence-corrected chi connectivity index (χ4v) is 2.16. The van der Waals surface area contributed by atoms with Gasteiger partial charge in [0.1, 0.15) is 5.76 Å². The quantitative estimate of drug-likeness (QED) is 0.591. The van der Waals surface area contributed by atoms with Gasteiger partial charge in [0.15, 0.2) is 5.96 Å². The van der Waals surface area contributed by atoms with Gasteiger partial charge in [0.2, 0.25) is 0 Å². The van der Waals surface area contributed by atoms with Gasteiger partial charge in [-0.05, 0) is 31.4 Å². The van der Waals surface area contributed by atoms with E-state index in [1.54, 1.807) is 6.26 Å². The summed E-state index contributed by atoms with van der Waals surface area (Å²) in [5.74, 6) is 1.86. The van der Waals surface area contributed by atoms with Gasteiger partial charge in [-0.2, -0.15) is 0 Å². The van der Waals surface area contributed by atoms with Crippen molar-refractivity contribution in [2.75, 3.05) is 26.2 Å². The summed E-state index contributed by atoms with van der Waals surface area (Å²) in [6.07, 6.45) is 6.22. The van der Waals surface area contributed by atoms with Crippen LogP contribution in [0.15, 0.2) is 27.8 Å². The molecule has 0 aliphatic carbocycles. The Bertz CT molecular complexity index is 384. The Morgan fingerprint density at radius 2 is 2.30 bits per heavy atom. The molecule has 2 rings (SSSR count). The van der Waals surface area contributed by atoms with Crippen molar-refractivity contribution >= 4 is 5.96 Å². The lowest BCUT2D eigenvalue weighted by Crippen LogP contribution is -2.39. The first-order valence-corrected chi connectivity index (χ1v) is 7.54. The molecule has 1 atom stereocenters. The minimum Gasteiger partial charge on any atom is -0.469 e. The number of hydrogen-bond donors (Lipinski definition) is 2. The molecule has 0 bridgehead atoms. The van der Waals surface area contributed by atoms with E-state index in [4.69, 9.17) is 9.15 Å². The molecule has 2 N–H and O–H groups in total. The van der Waals surface area contributed by atoms with E-state index >= 15 is 0 Å². The van der Waals surface area contributed by atoms with E-state index in [-0.39, 0.29) is 0 Å². The highest BCUT2D eigenvalue weighted by molar-refractivity contribution is 5.79. The molecule has 2 heterocycles. The number of hydrogen-bond acceptors (Lipinski definition) is 3. The van der Waals surface area contributed by atoms with E-state index in [1.807, 2.05) is 12.1 Å². The Balaban J connectivity index is 1.74. The zero-order chi connectivity index (χ0) is 14.0. The highest BCUT2D eigenvalue weighted by Crippen LogP contribution is 2.11. The topological polar surface area (TPSA) is 58.8 Å². The minimum atomic E-state index is 0.292. The first kappa shape index (κ1) is 14.9. The van der Waals surface area contributed by atoms with E-state index < -0.39 is 0 Å². The summed E-state index contributed by atoms with van der Waals surface area (Å²) >= 11 is 0. The highest BCUT2D eigenvalue weighted by atomic mass is 16.5. The number of aliphatic imine (C=N–C) groups is 1. The fraction of sp³-hybridized carbons (Fsp3) is 0.667. The molecule has 0 saturated carbocycles. The van der Waals surface area contributed by atoms with Crippen LogP contribution in [0.3, 0.4) is 0 Å². The molecule has 1 aromatic rings. The Labute approximate surface area is 120 Å². The molecule has 20 heavy (non-hydrogen) atoms. The summed E-state index contributed by atoms with van der Waals surface area (Å²) < 4.78 is 10.9. The molecule has 0 radical (unpaired) electrons. The summed E-state index contributed by atoms with van der Waals surface area (Å²) in [5.41, 5.74) is 0. The smallest absolute Gasteiger partial charge is 0.191 e. The van der Waals surface area contributed by atoms with E-state index in [0.29, 0.717) is 6.10 Å². The third-order valence-corrected chi connectivity index (χ3v) is 3.26. The Hall–Kier alpha value is -1.49. The molecular weight excluding hydrogens is 254 g/mol. The highest BCUT2D eigenvalue weighted by Gasteiger charge is 2.14. The third-order valence-electron chi connectivity index (χ3n) is 3.26. The van der Waals surface area contributed by atoms with Crippen LogP contribution in [-0.2, 0) is 11.2 Å². The largest absolute Gasteiger partial charge is 0.469 e. The average molecular weight is 279 g/mol. The molecule has 1 aliphatic rings. The van der Waals surface area contributed by atoms with Crippen molar-refractivity contribution in [2.45, 2.75) is 38.7 Å². The lowest BCUT2D eigenvalue weighted by Gasteiger charge is -2.13. The second-order valence-corrected chi connectivity index (χ2v) is 5.01. The van der Waals surface area contributed by atoms with Crippen molar-refractivity contribution in [1.29, 1.82) is 0 Å². The molecule has 5 heteroatoms. The zero-order valence-corrected chi connectivity index (χ0v) is 12.2. The van der Waals surface area contributed by atoms with E-state index in [1.165, 1.54) is 0 Å². The minimum absolute atomic E-state index is 0.292. The van der Waals surface area contributed by atoms with Crippen molar-refractivity contribution < 1.29 is 9.15 Å². The number of guanidine groups is 1. The third kappa shape index (κ3) is 5.25. The SMILES string of the molecule is CCCNC(=NCC1CCCO1)NCCc1ccco1. The van der Waals surface area contributed by atoms with Crippen molar-refractivity contribution in [2.24, 2.45) is 4.99 Å². The van der Waals surface area contributed by atoms with Crippen LogP contribution >= 0.6 is 0 Å². The van der Waals surface area contributed by atoms with Gasteiger partial charge in [-0.3, -0.25) is 4.99 Å². The normalized spacial score (nSPS) is 19.2. The van der Waals surface area contributed by atoms with E-state index in [9.17, 15) is 0 Å². The maximum atomic E-state index is 5.59. The molecule has 0 spiro atoms. The van der Waals surface area contributed by atoms with Crippen LogP contribution in [0, 0.1) is 0 Å². The van der Waals surface area contributed by atoms with Crippen molar-refractivity contribution in [1.82, 2.24) is 10.6 Å². The second kappa shape index (κ2) is 8.64. The summed E-state index contributed by atoms with van der Waals surface area (Å²) in [6.45, 7) is 5.50. The van der Waals surface area contributed by atoms with Gasteiger partial charge in [0.25, 0.3) is 0 Å². The summed E-state index contributed by atoms with van der Waals surface area (Å²) in [4.78, 5) is 4.60. The maximum Gasteiger partial charge on any atom is 0.191 e. The number of nitrogens with one attached hydrogen (secondary N) is 2. The number of ether oxygens (including phenoxy) is 1. The second-order valence-electron chi connectivity index (χ2n) is 5.01. The Morgan fingerprint density at radius 3 is 3.00 bits per heavy atom. The first-order chi connectivity index (χ1) is 9.88. The van der Waals surface area contributed by atoms with Gasteiger partial charge in [-0.15, -0.1) is 0 Å². The summed E-state index contributed by atoms with van der Waals surface area (Å²) in [6, 6.07) is 3.90. The van der Waals surface area contributed by atoms with Crippen LogP contribution < -0.4 is 10.6 Å². The maximum absolute atomic E-state index is 5.59. The fourth-order valence-electron chi connectivity index (χ4n) is 2.16. The number of furan rings is 1. The van der Waals surface area contributed by atoms with Crippen LogP contribution in [0.25, 0.3) is 0 Å². The predicted octanol–water partition coefficient (Wildman–Crippen LogP) is 1.95.